The third-order valence-electron chi connectivity index (χ3n) is 4.91. The maximum atomic E-state index is 13.4. The molecule has 2 aromatic carbocycles. The molecule has 0 fully saturated rings. The van der Waals surface area contributed by atoms with Crippen LogP contribution in [0.3, 0.4) is 0 Å². The average molecular weight is 439 g/mol. The van der Waals surface area contributed by atoms with Gasteiger partial charge in [-0.25, -0.2) is 13.6 Å². The fourth-order valence-electron chi connectivity index (χ4n) is 3.34. The third kappa shape index (κ3) is 4.83. The van der Waals surface area contributed by atoms with Crippen molar-refractivity contribution in [3.05, 3.63) is 89.2 Å². The number of nitrogens with zero attached hydrogens (tertiary/aromatic N) is 1. The molecule has 7 nitrogen and oxygen atoms in total. The second-order valence-corrected chi connectivity index (χ2v) is 7.07. The van der Waals surface area contributed by atoms with Gasteiger partial charge in [0.05, 0.1) is 18.2 Å². The summed E-state index contributed by atoms with van der Waals surface area (Å²) in [7, 11) is 0. The molecule has 0 saturated carbocycles. The Morgan fingerprint density at radius 3 is 2.69 bits per heavy atom. The number of amides is 2. The van der Waals surface area contributed by atoms with Crippen LogP contribution in [0.5, 0.6) is 5.75 Å². The number of pyridine rings is 1. The Labute approximate surface area is 182 Å². The standard InChI is InChI=1S/C23H19F2N3O4/c24-18-5-4-15(12-19(18)25)27-22(29)17-3-1-2-16-20(8-11-31-21(16)17)28-23(30)32-13-14-6-9-26-10-7-14/h1-7,9-10,12,20H,8,11,13H2,(H,27,29)(H,28,30). The van der Waals surface area contributed by atoms with E-state index in [4.69, 9.17) is 9.47 Å². The Morgan fingerprint density at radius 2 is 1.91 bits per heavy atom. The first-order valence-corrected chi connectivity index (χ1v) is 9.85. The van der Waals surface area contributed by atoms with Gasteiger partial charge in [-0.2, -0.15) is 0 Å². The van der Waals surface area contributed by atoms with E-state index in [0.717, 1.165) is 17.7 Å². The van der Waals surface area contributed by atoms with Crippen molar-refractivity contribution in [2.75, 3.05) is 11.9 Å². The molecule has 1 atom stereocenters. The predicted octanol–water partition coefficient (Wildman–Crippen LogP) is 4.36. The summed E-state index contributed by atoms with van der Waals surface area (Å²) in [6.45, 7) is 0.374. The van der Waals surface area contributed by atoms with Gasteiger partial charge in [0.25, 0.3) is 5.91 Å². The Hall–Kier alpha value is -4.01. The summed E-state index contributed by atoms with van der Waals surface area (Å²) >= 11 is 0. The van der Waals surface area contributed by atoms with E-state index in [0.29, 0.717) is 17.7 Å². The van der Waals surface area contributed by atoms with Crippen LogP contribution in [0.1, 0.15) is 33.9 Å². The average Bonchev–Trinajstić information content (AvgIpc) is 2.80. The van der Waals surface area contributed by atoms with Crippen molar-refractivity contribution >= 4 is 17.7 Å². The molecule has 0 aliphatic carbocycles. The molecular weight excluding hydrogens is 420 g/mol. The normalized spacial score (nSPS) is 14.6. The number of benzene rings is 2. The fourth-order valence-corrected chi connectivity index (χ4v) is 3.34. The highest BCUT2D eigenvalue weighted by Crippen LogP contribution is 2.35. The number of anilines is 1. The van der Waals surface area contributed by atoms with Gasteiger partial charge in [-0.1, -0.05) is 12.1 Å². The summed E-state index contributed by atoms with van der Waals surface area (Å²) in [6.07, 6.45) is 3.11. The molecule has 4 rings (SSSR count). The zero-order valence-electron chi connectivity index (χ0n) is 16.8. The van der Waals surface area contributed by atoms with Crippen molar-refractivity contribution in [3.8, 4) is 5.75 Å². The van der Waals surface area contributed by atoms with E-state index in [9.17, 15) is 18.4 Å². The van der Waals surface area contributed by atoms with Crippen molar-refractivity contribution in [2.45, 2.75) is 19.1 Å². The minimum atomic E-state index is -1.07. The van der Waals surface area contributed by atoms with Crippen molar-refractivity contribution in [1.82, 2.24) is 10.3 Å². The number of hydrogen-bond acceptors (Lipinski definition) is 5. The maximum Gasteiger partial charge on any atom is 0.407 e. The van der Waals surface area contributed by atoms with Crippen LogP contribution in [0.25, 0.3) is 0 Å². The number of fused-ring (bicyclic) bond motifs is 1. The highest BCUT2D eigenvalue weighted by Gasteiger charge is 2.27. The number of ether oxygens (including phenoxy) is 2. The topological polar surface area (TPSA) is 89.5 Å². The van der Waals surface area contributed by atoms with Gasteiger partial charge in [0.2, 0.25) is 0 Å². The quantitative estimate of drug-likeness (QED) is 0.617. The molecule has 1 aliphatic rings. The zero-order valence-corrected chi connectivity index (χ0v) is 16.8. The number of nitrogens with one attached hydrogen (secondary N) is 2. The van der Waals surface area contributed by atoms with Gasteiger partial charge in [-0.3, -0.25) is 9.78 Å². The predicted molar refractivity (Wildman–Crippen MR) is 111 cm³/mol. The molecule has 32 heavy (non-hydrogen) atoms. The van der Waals surface area contributed by atoms with Gasteiger partial charge >= 0.3 is 6.09 Å². The van der Waals surface area contributed by atoms with E-state index in [1.54, 1.807) is 42.7 Å². The first-order valence-electron chi connectivity index (χ1n) is 9.85. The number of carbonyl (C=O) groups excluding carboxylic acids is 2. The van der Waals surface area contributed by atoms with Crippen LogP contribution in [0.15, 0.2) is 60.9 Å². The van der Waals surface area contributed by atoms with Crippen LogP contribution in [0, 0.1) is 11.6 Å². The van der Waals surface area contributed by atoms with Crippen molar-refractivity contribution in [3.63, 3.8) is 0 Å². The molecule has 0 radical (unpaired) electrons. The molecule has 2 heterocycles. The molecular formula is C23H19F2N3O4. The number of para-hydroxylation sites is 1. The highest BCUT2D eigenvalue weighted by atomic mass is 19.2. The van der Waals surface area contributed by atoms with Crippen molar-refractivity contribution < 1.29 is 27.8 Å². The number of halogens is 2. The summed E-state index contributed by atoms with van der Waals surface area (Å²) in [5.41, 5.74) is 1.74. The van der Waals surface area contributed by atoms with E-state index in [1.807, 2.05) is 0 Å². The van der Waals surface area contributed by atoms with Gasteiger partial charge < -0.3 is 20.1 Å². The molecule has 1 unspecified atom stereocenters. The molecule has 0 saturated heterocycles. The molecule has 0 spiro atoms. The van der Waals surface area contributed by atoms with Gasteiger partial charge in [-0.15, -0.1) is 0 Å². The SMILES string of the molecule is O=C(NC1CCOc2c(C(=O)Nc3ccc(F)c(F)c3)cccc21)OCc1ccncc1. The lowest BCUT2D eigenvalue weighted by atomic mass is 9.97. The van der Waals surface area contributed by atoms with E-state index < -0.39 is 29.7 Å². The van der Waals surface area contributed by atoms with Crippen LogP contribution in [-0.2, 0) is 11.3 Å². The summed E-state index contributed by atoms with van der Waals surface area (Å²) in [4.78, 5) is 28.9. The summed E-state index contributed by atoms with van der Waals surface area (Å²) in [6, 6.07) is 11.1. The molecule has 164 valence electrons. The van der Waals surface area contributed by atoms with Gasteiger partial charge in [-0.05, 0) is 35.9 Å². The van der Waals surface area contributed by atoms with Gasteiger partial charge in [0, 0.05) is 36.1 Å². The Bertz CT molecular complexity index is 1140. The number of hydrogen-bond donors (Lipinski definition) is 2. The van der Waals surface area contributed by atoms with Crippen LogP contribution in [-0.4, -0.2) is 23.6 Å². The first kappa shape index (κ1) is 21.2. The second-order valence-electron chi connectivity index (χ2n) is 7.07. The number of rotatable bonds is 5. The summed E-state index contributed by atoms with van der Waals surface area (Å²) in [5.74, 6) is -2.30. The van der Waals surface area contributed by atoms with Gasteiger partial charge in [0.15, 0.2) is 11.6 Å². The lowest BCUT2D eigenvalue weighted by Crippen LogP contribution is -2.33. The highest BCUT2D eigenvalue weighted by molar-refractivity contribution is 6.06. The largest absolute Gasteiger partial charge is 0.492 e. The van der Waals surface area contributed by atoms with Crippen molar-refractivity contribution in [1.29, 1.82) is 0 Å². The van der Waals surface area contributed by atoms with E-state index >= 15 is 0 Å². The molecule has 0 bridgehead atoms. The number of alkyl carbamates (subject to hydrolysis) is 1. The lowest BCUT2D eigenvalue weighted by Gasteiger charge is -2.27. The van der Waals surface area contributed by atoms with E-state index in [2.05, 4.69) is 15.6 Å². The Kier molecular flexibility index (Phi) is 6.25. The number of aromatic nitrogens is 1. The molecule has 2 amide bonds. The minimum Gasteiger partial charge on any atom is -0.492 e. The molecule has 1 aromatic heterocycles. The smallest absolute Gasteiger partial charge is 0.407 e. The summed E-state index contributed by atoms with van der Waals surface area (Å²) in [5, 5.41) is 5.32. The summed E-state index contributed by atoms with van der Waals surface area (Å²) < 4.78 is 37.5. The first-order chi connectivity index (χ1) is 15.5. The maximum absolute atomic E-state index is 13.4. The molecule has 3 aromatic rings. The van der Waals surface area contributed by atoms with Crippen LogP contribution in [0.2, 0.25) is 0 Å². The van der Waals surface area contributed by atoms with Crippen LogP contribution < -0.4 is 15.4 Å². The van der Waals surface area contributed by atoms with Gasteiger partial charge in [0.1, 0.15) is 12.4 Å². The molecule has 9 heteroatoms. The molecule has 2 N–H and O–H groups in total. The Balaban J connectivity index is 1.46. The second kappa shape index (κ2) is 9.42. The van der Waals surface area contributed by atoms with Crippen LogP contribution in [0.4, 0.5) is 19.3 Å². The van der Waals surface area contributed by atoms with Crippen molar-refractivity contribution in [2.24, 2.45) is 0 Å². The zero-order chi connectivity index (χ0) is 22.5. The monoisotopic (exact) mass is 439 g/mol. The van der Waals surface area contributed by atoms with Crippen LogP contribution >= 0.6 is 0 Å². The molecule has 1 aliphatic heterocycles. The fraction of sp³-hybridized carbons (Fsp3) is 0.174. The third-order valence-corrected chi connectivity index (χ3v) is 4.91. The van der Waals surface area contributed by atoms with E-state index in [-0.39, 0.29) is 24.5 Å². The van der Waals surface area contributed by atoms with E-state index in [1.165, 1.54) is 6.07 Å². The number of carbonyl (C=O) groups is 2. The lowest BCUT2D eigenvalue weighted by molar-refractivity contribution is 0.102. The minimum absolute atomic E-state index is 0.0983. The Morgan fingerprint density at radius 1 is 1.09 bits per heavy atom.